The summed E-state index contributed by atoms with van der Waals surface area (Å²) in [7, 11) is 1.68. The molecular formula is C16H25F2NO. The van der Waals surface area contributed by atoms with E-state index in [0.29, 0.717) is 6.42 Å². The fourth-order valence-electron chi connectivity index (χ4n) is 2.16. The molecule has 1 rings (SSSR count). The summed E-state index contributed by atoms with van der Waals surface area (Å²) in [5.41, 5.74) is -0.0600. The maximum absolute atomic E-state index is 13.7. The smallest absolute Gasteiger partial charge is 0.129 e. The molecule has 0 aromatic heterocycles. The van der Waals surface area contributed by atoms with Gasteiger partial charge in [-0.3, -0.25) is 0 Å². The third-order valence-corrected chi connectivity index (χ3v) is 3.65. The molecular weight excluding hydrogens is 260 g/mol. The number of hydrogen-bond donors (Lipinski definition) is 1. The number of likely N-dealkylation sites (N-methyl/N-ethyl adjacent to an activating group) is 1. The van der Waals surface area contributed by atoms with Crippen LogP contribution in [0.15, 0.2) is 18.2 Å². The van der Waals surface area contributed by atoms with Crippen LogP contribution in [0.1, 0.15) is 39.2 Å². The molecule has 0 heterocycles. The number of hydrogen-bond acceptors (Lipinski definition) is 2. The van der Waals surface area contributed by atoms with Crippen LogP contribution in [0.3, 0.4) is 0 Å². The predicted molar refractivity (Wildman–Crippen MR) is 77.8 cm³/mol. The Labute approximate surface area is 120 Å². The molecule has 0 aliphatic rings. The standard InChI is InChI=1S/C16H25F2NO/c1-5-19-12(9-10-16(2,3)20-4)11-13-14(17)7-6-8-15(13)18/h6-8,12,19H,5,9-11H2,1-4H3. The summed E-state index contributed by atoms with van der Waals surface area (Å²) in [5, 5.41) is 3.29. The molecule has 1 aromatic carbocycles. The van der Waals surface area contributed by atoms with Crippen LogP contribution in [0, 0.1) is 11.6 Å². The average Bonchev–Trinajstić information content (AvgIpc) is 2.40. The summed E-state index contributed by atoms with van der Waals surface area (Å²) in [5.74, 6) is -0.946. The van der Waals surface area contributed by atoms with Crippen molar-refractivity contribution in [1.29, 1.82) is 0 Å². The van der Waals surface area contributed by atoms with E-state index in [4.69, 9.17) is 4.74 Å². The highest BCUT2D eigenvalue weighted by Gasteiger charge is 2.21. The van der Waals surface area contributed by atoms with Crippen LogP contribution in [-0.4, -0.2) is 25.3 Å². The first kappa shape index (κ1) is 17.1. The van der Waals surface area contributed by atoms with Gasteiger partial charge in [0.25, 0.3) is 0 Å². The molecule has 0 aliphatic heterocycles. The van der Waals surface area contributed by atoms with Crippen LogP contribution in [-0.2, 0) is 11.2 Å². The van der Waals surface area contributed by atoms with E-state index in [1.807, 2.05) is 20.8 Å². The molecule has 0 bridgehead atoms. The SMILES string of the molecule is CCNC(CCC(C)(C)OC)Cc1c(F)cccc1F. The van der Waals surface area contributed by atoms with Gasteiger partial charge in [-0.15, -0.1) is 0 Å². The van der Waals surface area contributed by atoms with Crippen molar-refractivity contribution in [1.82, 2.24) is 5.32 Å². The van der Waals surface area contributed by atoms with Gasteiger partial charge in [-0.05, 0) is 51.8 Å². The molecule has 0 saturated heterocycles. The highest BCUT2D eigenvalue weighted by atomic mass is 19.1. The molecule has 1 aromatic rings. The lowest BCUT2D eigenvalue weighted by Crippen LogP contribution is -2.34. The van der Waals surface area contributed by atoms with Crippen LogP contribution in [0.2, 0.25) is 0 Å². The van der Waals surface area contributed by atoms with Gasteiger partial charge in [0.05, 0.1) is 5.60 Å². The summed E-state index contributed by atoms with van der Waals surface area (Å²) in [6, 6.07) is 4.05. The van der Waals surface area contributed by atoms with Gasteiger partial charge < -0.3 is 10.1 Å². The highest BCUT2D eigenvalue weighted by molar-refractivity contribution is 5.20. The van der Waals surface area contributed by atoms with Crippen molar-refractivity contribution in [2.24, 2.45) is 0 Å². The van der Waals surface area contributed by atoms with Gasteiger partial charge in [0, 0.05) is 18.7 Å². The van der Waals surface area contributed by atoms with Crippen LogP contribution in [0.4, 0.5) is 8.78 Å². The largest absolute Gasteiger partial charge is 0.379 e. The maximum atomic E-state index is 13.7. The third kappa shape index (κ3) is 5.17. The van der Waals surface area contributed by atoms with E-state index in [9.17, 15) is 8.78 Å². The molecule has 0 saturated carbocycles. The molecule has 2 nitrogen and oxygen atoms in total. The number of methoxy groups -OCH3 is 1. The van der Waals surface area contributed by atoms with Crippen molar-refractivity contribution in [3.05, 3.63) is 35.4 Å². The fraction of sp³-hybridized carbons (Fsp3) is 0.625. The van der Waals surface area contributed by atoms with Crippen LogP contribution < -0.4 is 5.32 Å². The normalized spacial score (nSPS) is 13.5. The van der Waals surface area contributed by atoms with Gasteiger partial charge in [-0.1, -0.05) is 13.0 Å². The molecule has 0 radical (unpaired) electrons. The lowest BCUT2D eigenvalue weighted by atomic mass is 9.94. The predicted octanol–water partition coefficient (Wildman–Crippen LogP) is 3.69. The second kappa shape index (κ2) is 7.70. The van der Waals surface area contributed by atoms with Crippen molar-refractivity contribution in [3.63, 3.8) is 0 Å². The number of benzene rings is 1. The minimum Gasteiger partial charge on any atom is -0.379 e. The van der Waals surface area contributed by atoms with Gasteiger partial charge in [0.2, 0.25) is 0 Å². The lowest BCUT2D eigenvalue weighted by Gasteiger charge is -2.26. The van der Waals surface area contributed by atoms with Gasteiger partial charge in [-0.25, -0.2) is 8.78 Å². The maximum Gasteiger partial charge on any atom is 0.129 e. The quantitative estimate of drug-likeness (QED) is 0.786. The van der Waals surface area contributed by atoms with Crippen molar-refractivity contribution in [2.75, 3.05) is 13.7 Å². The van der Waals surface area contributed by atoms with E-state index >= 15 is 0 Å². The first-order chi connectivity index (χ1) is 9.39. The highest BCUT2D eigenvalue weighted by Crippen LogP contribution is 2.20. The summed E-state index contributed by atoms with van der Waals surface area (Å²) < 4.78 is 32.8. The van der Waals surface area contributed by atoms with Crippen LogP contribution in [0.25, 0.3) is 0 Å². The van der Waals surface area contributed by atoms with Crippen LogP contribution >= 0.6 is 0 Å². The first-order valence-electron chi connectivity index (χ1n) is 7.11. The zero-order valence-electron chi connectivity index (χ0n) is 12.8. The van der Waals surface area contributed by atoms with E-state index in [1.165, 1.54) is 18.2 Å². The van der Waals surface area contributed by atoms with Crippen molar-refractivity contribution >= 4 is 0 Å². The van der Waals surface area contributed by atoms with Crippen molar-refractivity contribution in [2.45, 2.75) is 51.7 Å². The lowest BCUT2D eigenvalue weighted by molar-refractivity contribution is 0.0117. The Hall–Kier alpha value is -1.00. The van der Waals surface area contributed by atoms with Gasteiger partial charge in [0.15, 0.2) is 0 Å². The zero-order chi connectivity index (χ0) is 15.2. The summed E-state index contributed by atoms with van der Waals surface area (Å²) in [6.07, 6.45) is 1.99. The number of ether oxygens (including phenoxy) is 1. The molecule has 0 aliphatic carbocycles. The zero-order valence-corrected chi connectivity index (χ0v) is 12.8. The Morgan fingerprint density at radius 3 is 2.35 bits per heavy atom. The molecule has 0 spiro atoms. The van der Waals surface area contributed by atoms with E-state index in [1.54, 1.807) is 7.11 Å². The second-order valence-corrected chi connectivity index (χ2v) is 5.66. The van der Waals surface area contributed by atoms with E-state index < -0.39 is 11.6 Å². The Morgan fingerprint density at radius 1 is 1.25 bits per heavy atom. The van der Waals surface area contributed by atoms with Crippen molar-refractivity contribution < 1.29 is 13.5 Å². The number of rotatable bonds is 8. The topological polar surface area (TPSA) is 21.3 Å². The number of nitrogens with one attached hydrogen (secondary N) is 1. The minimum absolute atomic E-state index is 0.0424. The molecule has 1 N–H and O–H groups in total. The second-order valence-electron chi connectivity index (χ2n) is 5.66. The molecule has 0 amide bonds. The summed E-state index contributed by atoms with van der Waals surface area (Å²) >= 11 is 0. The summed E-state index contributed by atoms with van der Waals surface area (Å²) in [6.45, 7) is 6.79. The molecule has 1 atom stereocenters. The molecule has 0 fully saturated rings. The molecule has 114 valence electrons. The Kier molecular flexibility index (Phi) is 6.56. The molecule has 1 unspecified atom stereocenters. The molecule has 20 heavy (non-hydrogen) atoms. The van der Waals surface area contributed by atoms with E-state index in [0.717, 1.165) is 19.4 Å². The fourth-order valence-corrected chi connectivity index (χ4v) is 2.16. The Morgan fingerprint density at radius 2 is 1.85 bits per heavy atom. The van der Waals surface area contributed by atoms with Gasteiger partial charge in [-0.2, -0.15) is 0 Å². The van der Waals surface area contributed by atoms with Crippen LogP contribution in [0.5, 0.6) is 0 Å². The Bertz CT molecular complexity index is 401. The first-order valence-corrected chi connectivity index (χ1v) is 7.11. The minimum atomic E-state index is -0.473. The molecule has 4 heteroatoms. The van der Waals surface area contributed by atoms with Gasteiger partial charge >= 0.3 is 0 Å². The third-order valence-electron chi connectivity index (χ3n) is 3.65. The number of halogens is 2. The summed E-state index contributed by atoms with van der Waals surface area (Å²) in [4.78, 5) is 0. The van der Waals surface area contributed by atoms with Crippen molar-refractivity contribution in [3.8, 4) is 0 Å². The van der Waals surface area contributed by atoms with E-state index in [-0.39, 0.29) is 17.2 Å². The average molecular weight is 285 g/mol. The monoisotopic (exact) mass is 285 g/mol. The van der Waals surface area contributed by atoms with E-state index in [2.05, 4.69) is 5.32 Å². The van der Waals surface area contributed by atoms with Gasteiger partial charge in [0.1, 0.15) is 11.6 Å². The Balaban J connectivity index is 2.72.